The third-order valence-corrected chi connectivity index (χ3v) is 3.44. The molecule has 136 valence electrons. The Bertz CT molecular complexity index is 788. The van der Waals surface area contributed by atoms with Gasteiger partial charge >= 0.3 is 0 Å². The minimum atomic E-state index is -0.423. The van der Waals surface area contributed by atoms with Crippen molar-refractivity contribution in [1.82, 2.24) is 10.6 Å². The molecule has 5 nitrogen and oxygen atoms in total. The molecule has 0 fully saturated rings. The number of methoxy groups -OCH3 is 1. The van der Waals surface area contributed by atoms with Crippen LogP contribution in [-0.4, -0.2) is 24.5 Å². The molecule has 0 saturated heterocycles. The van der Waals surface area contributed by atoms with Gasteiger partial charge in [-0.15, -0.1) is 0 Å². The molecule has 0 aliphatic rings. The molecular formula is C21H24N2O3. The minimum Gasteiger partial charge on any atom is -0.497 e. The molecule has 0 atom stereocenters. The molecule has 26 heavy (non-hydrogen) atoms. The highest BCUT2D eigenvalue weighted by Gasteiger charge is 2.19. The molecule has 0 saturated carbocycles. The summed E-state index contributed by atoms with van der Waals surface area (Å²) in [6.07, 6.45) is 1.64. The van der Waals surface area contributed by atoms with Crippen molar-refractivity contribution in [3.8, 4) is 5.75 Å². The summed E-state index contributed by atoms with van der Waals surface area (Å²) >= 11 is 0. The summed E-state index contributed by atoms with van der Waals surface area (Å²) < 4.78 is 5.14. The van der Waals surface area contributed by atoms with Gasteiger partial charge in [0.1, 0.15) is 11.4 Å². The van der Waals surface area contributed by atoms with Crippen molar-refractivity contribution in [3.05, 3.63) is 71.4 Å². The summed E-state index contributed by atoms with van der Waals surface area (Å²) in [6, 6.07) is 16.0. The van der Waals surface area contributed by atoms with Gasteiger partial charge in [-0.2, -0.15) is 0 Å². The van der Waals surface area contributed by atoms with Crippen LogP contribution < -0.4 is 15.4 Å². The summed E-state index contributed by atoms with van der Waals surface area (Å²) in [4.78, 5) is 25.1. The number of nitrogens with one attached hydrogen (secondary N) is 2. The Morgan fingerprint density at radius 3 is 2.12 bits per heavy atom. The van der Waals surface area contributed by atoms with Gasteiger partial charge in [0.2, 0.25) is 0 Å². The first-order valence-electron chi connectivity index (χ1n) is 8.33. The molecule has 0 aliphatic heterocycles. The fourth-order valence-electron chi connectivity index (χ4n) is 2.22. The average molecular weight is 352 g/mol. The largest absolute Gasteiger partial charge is 0.497 e. The zero-order valence-electron chi connectivity index (χ0n) is 15.5. The fourth-order valence-corrected chi connectivity index (χ4v) is 2.22. The normalized spacial score (nSPS) is 11.6. The molecule has 2 amide bonds. The van der Waals surface area contributed by atoms with E-state index in [9.17, 15) is 9.59 Å². The van der Waals surface area contributed by atoms with Gasteiger partial charge in [-0.25, -0.2) is 0 Å². The molecule has 0 heterocycles. The summed E-state index contributed by atoms with van der Waals surface area (Å²) in [7, 11) is 1.59. The van der Waals surface area contributed by atoms with Crippen molar-refractivity contribution in [2.24, 2.45) is 0 Å². The lowest BCUT2D eigenvalue weighted by Gasteiger charge is -2.22. The first-order valence-corrected chi connectivity index (χ1v) is 8.33. The van der Waals surface area contributed by atoms with E-state index >= 15 is 0 Å². The highest BCUT2D eigenvalue weighted by molar-refractivity contribution is 6.05. The SMILES string of the molecule is COc1ccc(/C=C(/NC(=O)c2ccccc2)C(=O)NC(C)(C)C)cc1. The van der Waals surface area contributed by atoms with Crippen LogP contribution in [0, 0.1) is 0 Å². The second kappa shape index (κ2) is 8.34. The number of ether oxygens (including phenoxy) is 1. The van der Waals surface area contributed by atoms with E-state index in [0.717, 1.165) is 11.3 Å². The zero-order chi connectivity index (χ0) is 19.2. The third kappa shape index (κ3) is 5.77. The summed E-state index contributed by atoms with van der Waals surface area (Å²) in [5.74, 6) is 0.0307. The topological polar surface area (TPSA) is 67.4 Å². The van der Waals surface area contributed by atoms with Crippen molar-refractivity contribution < 1.29 is 14.3 Å². The van der Waals surface area contributed by atoms with Crippen molar-refractivity contribution in [3.63, 3.8) is 0 Å². The Morgan fingerprint density at radius 1 is 0.962 bits per heavy atom. The average Bonchev–Trinajstić information content (AvgIpc) is 2.61. The lowest BCUT2D eigenvalue weighted by atomic mass is 10.1. The van der Waals surface area contributed by atoms with Crippen LogP contribution in [0.1, 0.15) is 36.7 Å². The lowest BCUT2D eigenvalue weighted by molar-refractivity contribution is -0.119. The smallest absolute Gasteiger partial charge is 0.268 e. The van der Waals surface area contributed by atoms with E-state index in [0.29, 0.717) is 5.56 Å². The van der Waals surface area contributed by atoms with Gasteiger partial charge in [0.25, 0.3) is 11.8 Å². The Hall–Kier alpha value is -3.08. The van der Waals surface area contributed by atoms with E-state index < -0.39 is 5.54 Å². The Morgan fingerprint density at radius 2 is 1.58 bits per heavy atom. The van der Waals surface area contributed by atoms with Crippen molar-refractivity contribution in [1.29, 1.82) is 0 Å². The molecule has 2 aromatic carbocycles. The maximum Gasteiger partial charge on any atom is 0.268 e. The number of carbonyl (C=O) groups is 2. The van der Waals surface area contributed by atoms with Crippen LogP contribution in [0.3, 0.4) is 0 Å². The molecule has 2 rings (SSSR count). The first kappa shape index (κ1) is 19.2. The Labute approximate surface area is 154 Å². The van der Waals surface area contributed by atoms with Crippen molar-refractivity contribution in [2.45, 2.75) is 26.3 Å². The van der Waals surface area contributed by atoms with Crippen LogP contribution >= 0.6 is 0 Å². The zero-order valence-corrected chi connectivity index (χ0v) is 15.5. The molecule has 0 unspecified atom stereocenters. The van der Waals surface area contributed by atoms with Crippen LogP contribution in [0.4, 0.5) is 0 Å². The fraction of sp³-hybridized carbons (Fsp3) is 0.238. The van der Waals surface area contributed by atoms with Crippen molar-refractivity contribution in [2.75, 3.05) is 7.11 Å². The Balaban J connectivity index is 2.30. The van der Waals surface area contributed by atoms with E-state index in [1.165, 1.54) is 0 Å². The maximum atomic E-state index is 12.6. The molecule has 0 spiro atoms. The van der Waals surface area contributed by atoms with Crippen LogP contribution in [-0.2, 0) is 4.79 Å². The second-order valence-electron chi connectivity index (χ2n) is 6.86. The van der Waals surface area contributed by atoms with E-state index in [1.807, 2.05) is 39.0 Å². The molecule has 5 heteroatoms. The van der Waals surface area contributed by atoms with E-state index in [4.69, 9.17) is 4.74 Å². The van der Waals surface area contributed by atoms with Crippen LogP contribution in [0.2, 0.25) is 0 Å². The van der Waals surface area contributed by atoms with Gasteiger partial charge in [0, 0.05) is 11.1 Å². The van der Waals surface area contributed by atoms with E-state index in [1.54, 1.807) is 49.6 Å². The molecule has 0 bridgehead atoms. The van der Waals surface area contributed by atoms with Crippen LogP contribution in [0.5, 0.6) is 5.75 Å². The number of amides is 2. The second-order valence-corrected chi connectivity index (χ2v) is 6.86. The first-order chi connectivity index (χ1) is 12.3. The van der Waals surface area contributed by atoms with Crippen LogP contribution in [0.25, 0.3) is 6.08 Å². The predicted molar refractivity (Wildman–Crippen MR) is 103 cm³/mol. The molecule has 2 N–H and O–H groups in total. The number of hydrogen-bond donors (Lipinski definition) is 2. The third-order valence-electron chi connectivity index (χ3n) is 3.44. The van der Waals surface area contributed by atoms with Gasteiger partial charge in [0.05, 0.1) is 7.11 Å². The summed E-state index contributed by atoms with van der Waals surface area (Å²) in [5.41, 5.74) is 1.02. The minimum absolute atomic E-state index is 0.180. The highest BCUT2D eigenvalue weighted by atomic mass is 16.5. The van der Waals surface area contributed by atoms with Crippen molar-refractivity contribution >= 4 is 17.9 Å². The van der Waals surface area contributed by atoms with Gasteiger partial charge in [-0.1, -0.05) is 30.3 Å². The summed E-state index contributed by atoms with van der Waals surface area (Å²) in [5, 5.41) is 5.58. The monoisotopic (exact) mass is 352 g/mol. The van der Waals surface area contributed by atoms with Crippen LogP contribution in [0.15, 0.2) is 60.3 Å². The Kier molecular flexibility index (Phi) is 6.17. The van der Waals surface area contributed by atoms with Gasteiger partial charge < -0.3 is 15.4 Å². The highest BCUT2D eigenvalue weighted by Crippen LogP contribution is 2.14. The molecule has 0 radical (unpaired) electrons. The molecular weight excluding hydrogens is 328 g/mol. The van der Waals surface area contributed by atoms with E-state index in [-0.39, 0.29) is 17.5 Å². The quantitative estimate of drug-likeness (QED) is 0.811. The number of hydrogen-bond acceptors (Lipinski definition) is 3. The maximum absolute atomic E-state index is 12.6. The number of rotatable bonds is 5. The van der Waals surface area contributed by atoms with Gasteiger partial charge in [-0.3, -0.25) is 9.59 Å². The van der Waals surface area contributed by atoms with Gasteiger partial charge in [-0.05, 0) is 56.7 Å². The van der Waals surface area contributed by atoms with E-state index in [2.05, 4.69) is 10.6 Å². The molecule has 0 aromatic heterocycles. The number of benzene rings is 2. The standard InChI is InChI=1S/C21H24N2O3/c1-21(2,3)23-20(25)18(14-15-10-12-17(26-4)13-11-15)22-19(24)16-8-6-5-7-9-16/h5-14H,1-4H3,(H,22,24)(H,23,25)/b18-14+. The summed E-state index contributed by atoms with van der Waals surface area (Å²) in [6.45, 7) is 5.65. The molecule has 2 aromatic rings. The molecule has 0 aliphatic carbocycles. The predicted octanol–water partition coefficient (Wildman–Crippen LogP) is 3.38. The lowest BCUT2D eigenvalue weighted by Crippen LogP contribution is -2.44. The number of carbonyl (C=O) groups excluding carboxylic acids is 2. The van der Waals surface area contributed by atoms with Gasteiger partial charge in [0.15, 0.2) is 0 Å².